The summed E-state index contributed by atoms with van der Waals surface area (Å²) in [6, 6.07) is 6.67. The number of hydrogen-bond donors (Lipinski definition) is 2. The van der Waals surface area contributed by atoms with E-state index in [1.807, 2.05) is 19.1 Å². The van der Waals surface area contributed by atoms with E-state index < -0.39 is 0 Å². The topological polar surface area (TPSA) is 50.1 Å². The molecule has 0 spiro atoms. The van der Waals surface area contributed by atoms with Crippen molar-refractivity contribution in [1.29, 1.82) is 0 Å². The van der Waals surface area contributed by atoms with Crippen molar-refractivity contribution in [3.63, 3.8) is 0 Å². The molecule has 2 aromatic rings. The predicted octanol–water partition coefficient (Wildman–Crippen LogP) is 2.30. The van der Waals surface area contributed by atoms with Gasteiger partial charge in [-0.1, -0.05) is 0 Å². The van der Waals surface area contributed by atoms with Gasteiger partial charge in [0.15, 0.2) is 11.5 Å². The van der Waals surface area contributed by atoms with Crippen LogP contribution in [0.1, 0.15) is 18.7 Å². The van der Waals surface area contributed by atoms with Crippen LogP contribution in [-0.4, -0.2) is 24.1 Å². The summed E-state index contributed by atoms with van der Waals surface area (Å²) in [5.74, 6) is 0.717. The van der Waals surface area contributed by atoms with Crippen molar-refractivity contribution < 1.29 is 4.42 Å². The molecular formula is C13H17N3O. The molecule has 17 heavy (non-hydrogen) atoms. The smallest absolute Gasteiger partial charge is 0.192 e. The minimum absolute atomic E-state index is 0.599. The van der Waals surface area contributed by atoms with E-state index in [1.165, 1.54) is 12.8 Å². The van der Waals surface area contributed by atoms with Crippen LogP contribution in [0.25, 0.3) is 11.1 Å². The van der Waals surface area contributed by atoms with Crippen LogP contribution in [0.5, 0.6) is 0 Å². The number of benzene rings is 1. The Bertz CT molecular complexity index is 514. The molecule has 4 heteroatoms. The van der Waals surface area contributed by atoms with Gasteiger partial charge in [0.2, 0.25) is 0 Å². The minimum atomic E-state index is 0.599. The third kappa shape index (κ3) is 2.26. The summed E-state index contributed by atoms with van der Waals surface area (Å²) in [5, 5.41) is 6.91. The maximum absolute atomic E-state index is 5.51. The van der Waals surface area contributed by atoms with Gasteiger partial charge in [0.25, 0.3) is 0 Å². The van der Waals surface area contributed by atoms with Crippen molar-refractivity contribution in [2.45, 2.75) is 25.8 Å². The molecule has 0 amide bonds. The Morgan fingerprint density at radius 2 is 2.47 bits per heavy atom. The van der Waals surface area contributed by atoms with E-state index in [0.29, 0.717) is 6.04 Å². The third-order valence-corrected chi connectivity index (χ3v) is 3.21. The van der Waals surface area contributed by atoms with Gasteiger partial charge in [-0.05, 0) is 31.5 Å². The number of nitrogens with one attached hydrogen (secondary N) is 2. The van der Waals surface area contributed by atoms with E-state index >= 15 is 0 Å². The van der Waals surface area contributed by atoms with E-state index in [0.717, 1.165) is 35.8 Å². The first kappa shape index (κ1) is 10.6. The molecule has 1 aromatic heterocycles. The second-order valence-corrected chi connectivity index (χ2v) is 4.59. The van der Waals surface area contributed by atoms with Gasteiger partial charge in [-0.2, -0.15) is 0 Å². The summed E-state index contributed by atoms with van der Waals surface area (Å²) >= 11 is 0. The number of aromatic nitrogens is 1. The summed E-state index contributed by atoms with van der Waals surface area (Å²) < 4.78 is 5.51. The predicted molar refractivity (Wildman–Crippen MR) is 68.3 cm³/mol. The van der Waals surface area contributed by atoms with Gasteiger partial charge < -0.3 is 15.1 Å². The summed E-state index contributed by atoms with van der Waals surface area (Å²) in [5.41, 5.74) is 2.88. The third-order valence-electron chi connectivity index (χ3n) is 3.21. The lowest BCUT2D eigenvalue weighted by atomic mass is 10.2. The molecule has 4 nitrogen and oxygen atoms in total. The molecule has 1 fully saturated rings. The standard InChI is InChI=1S/C13H17N3O/c1-9-16-12-5-4-10(7-13(12)17-9)15-8-11-3-2-6-14-11/h4-5,7,11,14-15H,2-3,6,8H2,1H3. The maximum Gasteiger partial charge on any atom is 0.192 e. The molecule has 1 atom stereocenters. The van der Waals surface area contributed by atoms with E-state index in [2.05, 4.69) is 21.7 Å². The second-order valence-electron chi connectivity index (χ2n) is 4.59. The fourth-order valence-electron chi connectivity index (χ4n) is 2.32. The quantitative estimate of drug-likeness (QED) is 0.851. The fourth-order valence-corrected chi connectivity index (χ4v) is 2.32. The number of fused-ring (bicyclic) bond motifs is 1. The number of hydrogen-bond acceptors (Lipinski definition) is 4. The molecule has 1 saturated heterocycles. The fraction of sp³-hybridized carbons (Fsp3) is 0.462. The van der Waals surface area contributed by atoms with Gasteiger partial charge in [-0.25, -0.2) is 4.98 Å². The van der Waals surface area contributed by atoms with Gasteiger partial charge in [0.05, 0.1) is 0 Å². The zero-order valence-corrected chi connectivity index (χ0v) is 9.99. The number of oxazole rings is 1. The first-order chi connectivity index (χ1) is 8.31. The van der Waals surface area contributed by atoms with Crippen LogP contribution in [-0.2, 0) is 0 Å². The van der Waals surface area contributed by atoms with Crippen LogP contribution >= 0.6 is 0 Å². The highest BCUT2D eigenvalue weighted by molar-refractivity contribution is 5.77. The first-order valence-corrected chi connectivity index (χ1v) is 6.16. The number of aryl methyl sites for hydroxylation is 1. The minimum Gasteiger partial charge on any atom is -0.441 e. The molecule has 90 valence electrons. The van der Waals surface area contributed by atoms with Crippen molar-refractivity contribution in [2.24, 2.45) is 0 Å². The van der Waals surface area contributed by atoms with Gasteiger partial charge >= 0.3 is 0 Å². The largest absolute Gasteiger partial charge is 0.441 e. The van der Waals surface area contributed by atoms with E-state index in [4.69, 9.17) is 4.42 Å². The van der Waals surface area contributed by atoms with Crippen molar-refractivity contribution in [1.82, 2.24) is 10.3 Å². The lowest BCUT2D eigenvalue weighted by molar-refractivity contribution is 0.561. The summed E-state index contributed by atoms with van der Waals surface area (Å²) in [6.45, 7) is 3.99. The molecular weight excluding hydrogens is 214 g/mol. The Morgan fingerprint density at radius 1 is 1.53 bits per heavy atom. The van der Waals surface area contributed by atoms with Crippen molar-refractivity contribution in [3.8, 4) is 0 Å². The lowest BCUT2D eigenvalue weighted by Gasteiger charge is -2.12. The molecule has 1 aromatic carbocycles. The first-order valence-electron chi connectivity index (χ1n) is 6.16. The van der Waals surface area contributed by atoms with Gasteiger partial charge in [0, 0.05) is 31.3 Å². The highest BCUT2D eigenvalue weighted by Gasteiger charge is 2.13. The average Bonchev–Trinajstić information content (AvgIpc) is 2.92. The summed E-state index contributed by atoms with van der Waals surface area (Å²) in [6.07, 6.45) is 2.54. The van der Waals surface area contributed by atoms with Crippen molar-refractivity contribution in [3.05, 3.63) is 24.1 Å². The normalized spacial score (nSPS) is 19.9. The molecule has 2 N–H and O–H groups in total. The van der Waals surface area contributed by atoms with Gasteiger partial charge in [-0.15, -0.1) is 0 Å². The Kier molecular flexibility index (Phi) is 2.73. The Balaban J connectivity index is 1.71. The van der Waals surface area contributed by atoms with Gasteiger partial charge in [0.1, 0.15) is 5.52 Å². The lowest BCUT2D eigenvalue weighted by Crippen LogP contribution is -2.29. The number of nitrogens with zero attached hydrogens (tertiary/aromatic N) is 1. The monoisotopic (exact) mass is 231 g/mol. The van der Waals surface area contributed by atoms with Crippen LogP contribution in [0.4, 0.5) is 5.69 Å². The summed E-state index contributed by atoms with van der Waals surface area (Å²) in [7, 11) is 0. The van der Waals surface area contributed by atoms with Crippen LogP contribution in [0.2, 0.25) is 0 Å². The molecule has 1 aliphatic heterocycles. The Labute approximate surface area is 100 Å². The Hall–Kier alpha value is -1.55. The SMILES string of the molecule is Cc1nc2ccc(NCC3CCCN3)cc2o1. The zero-order valence-electron chi connectivity index (χ0n) is 9.99. The molecule has 0 bridgehead atoms. The van der Waals surface area contributed by atoms with Gasteiger partial charge in [-0.3, -0.25) is 0 Å². The van der Waals surface area contributed by atoms with Crippen LogP contribution in [0, 0.1) is 6.92 Å². The summed E-state index contributed by atoms with van der Waals surface area (Å²) in [4.78, 5) is 4.29. The number of rotatable bonds is 3. The molecule has 1 unspecified atom stereocenters. The van der Waals surface area contributed by atoms with Crippen molar-refractivity contribution >= 4 is 16.8 Å². The van der Waals surface area contributed by atoms with E-state index in [-0.39, 0.29) is 0 Å². The highest BCUT2D eigenvalue weighted by Crippen LogP contribution is 2.20. The average molecular weight is 231 g/mol. The molecule has 0 aliphatic carbocycles. The van der Waals surface area contributed by atoms with Crippen LogP contribution in [0.3, 0.4) is 0 Å². The molecule has 3 rings (SSSR count). The van der Waals surface area contributed by atoms with E-state index in [9.17, 15) is 0 Å². The zero-order chi connectivity index (χ0) is 11.7. The Morgan fingerprint density at radius 3 is 3.29 bits per heavy atom. The molecule has 0 radical (unpaired) electrons. The molecule has 1 aliphatic rings. The number of anilines is 1. The second kappa shape index (κ2) is 4.37. The van der Waals surface area contributed by atoms with Crippen LogP contribution < -0.4 is 10.6 Å². The maximum atomic E-state index is 5.51. The van der Waals surface area contributed by atoms with Crippen molar-refractivity contribution in [2.75, 3.05) is 18.4 Å². The van der Waals surface area contributed by atoms with E-state index in [1.54, 1.807) is 0 Å². The highest BCUT2D eigenvalue weighted by atomic mass is 16.3. The molecule has 0 saturated carbocycles. The molecule has 2 heterocycles. The van der Waals surface area contributed by atoms with Crippen LogP contribution in [0.15, 0.2) is 22.6 Å².